The average molecular weight is 314 g/mol. The van der Waals surface area contributed by atoms with Crippen molar-refractivity contribution in [2.24, 2.45) is 0 Å². The van der Waals surface area contributed by atoms with Crippen molar-refractivity contribution in [2.75, 3.05) is 58.3 Å². The van der Waals surface area contributed by atoms with E-state index >= 15 is 0 Å². The molecule has 0 atom stereocenters. The maximum Gasteiger partial charge on any atom is 0.223 e. The number of carbonyl (C=O) groups excluding carboxylic acids is 1. The summed E-state index contributed by atoms with van der Waals surface area (Å²) < 4.78 is 22.0. The van der Waals surface area contributed by atoms with E-state index in [-0.39, 0.29) is 24.1 Å². The SMILES string of the molecule is CN(CCC(=O)N1CCNCC1)CCS(C)(=O)=O.Cl. The summed E-state index contributed by atoms with van der Waals surface area (Å²) in [5, 5.41) is 3.20. The first-order chi connectivity index (χ1) is 8.38. The largest absolute Gasteiger partial charge is 0.340 e. The molecule has 1 N–H and O–H groups in total. The predicted molar refractivity (Wildman–Crippen MR) is 78.5 cm³/mol. The molecule has 0 aliphatic carbocycles. The van der Waals surface area contributed by atoms with Crippen LogP contribution >= 0.6 is 12.4 Å². The molecule has 0 radical (unpaired) electrons. The van der Waals surface area contributed by atoms with Gasteiger partial charge in [0.2, 0.25) is 5.91 Å². The summed E-state index contributed by atoms with van der Waals surface area (Å²) in [4.78, 5) is 15.6. The van der Waals surface area contributed by atoms with Gasteiger partial charge in [-0.15, -0.1) is 12.4 Å². The minimum atomic E-state index is -2.92. The third kappa shape index (κ3) is 8.41. The molecule has 0 aromatic heterocycles. The van der Waals surface area contributed by atoms with Crippen LogP contribution in [0, 0.1) is 0 Å². The molecule has 0 unspecified atom stereocenters. The highest BCUT2D eigenvalue weighted by Gasteiger charge is 2.16. The number of amides is 1. The lowest BCUT2D eigenvalue weighted by molar-refractivity contribution is -0.132. The van der Waals surface area contributed by atoms with E-state index in [1.54, 1.807) is 0 Å². The number of carbonyl (C=O) groups is 1. The number of nitrogens with zero attached hydrogens (tertiary/aromatic N) is 2. The van der Waals surface area contributed by atoms with E-state index in [4.69, 9.17) is 0 Å². The molecular weight excluding hydrogens is 290 g/mol. The zero-order chi connectivity index (χ0) is 13.6. The Balaban J connectivity index is 0.00000324. The Kier molecular flexibility index (Phi) is 8.56. The molecule has 0 aromatic rings. The molecule has 1 fully saturated rings. The van der Waals surface area contributed by atoms with Crippen LogP contribution in [0.2, 0.25) is 0 Å². The first-order valence-electron chi connectivity index (χ1n) is 6.23. The molecule has 0 aromatic carbocycles. The zero-order valence-electron chi connectivity index (χ0n) is 11.6. The second-order valence-corrected chi connectivity index (χ2v) is 7.07. The number of halogens is 1. The van der Waals surface area contributed by atoms with Crippen LogP contribution in [-0.2, 0) is 14.6 Å². The summed E-state index contributed by atoms with van der Waals surface area (Å²) in [6.45, 7) is 4.34. The van der Waals surface area contributed by atoms with Crippen molar-refractivity contribution in [3.05, 3.63) is 0 Å². The third-order valence-electron chi connectivity index (χ3n) is 3.02. The molecule has 8 heteroatoms. The zero-order valence-corrected chi connectivity index (χ0v) is 13.2. The second-order valence-electron chi connectivity index (χ2n) is 4.81. The molecule has 0 saturated carbocycles. The Morgan fingerprint density at radius 3 is 2.37 bits per heavy atom. The van der Waals surface area contributed by atoms with Crippen LogP contribution < -0.4 is 5.32 Å². The van der Waals surface area contributed by atoms with Gasteiger partial charge in [-0.2, -0.15) is 0 Å². The summed E-state index contributed by atoms with van der Waals surface area (Å²) in [5.74, 6) is 0.299. The van der Waals surface area contributed by atoms with Crippen molar-refractivity contribution in [3.8, 4) is 0 Å². The smallest absolute Gasteiger partial charge is 0.223 e. The fourth-order valence-corrected chi connectivity index (χ4v) is 2.44. The maximum atomic E-state index is 11.9. The molecule has 1 aliphatic heterocycles. The van der Waals surface area contributed by atoms with Gasteiger partial charge in [-0.25, -0.2) is 8.42 Å². The van der Waals surface area contributed by atoms with Crippen LogP contribution in [0.3, 0.4) is 0 Å². The van der Waals surface area contributed by atoms with Gasteiger partial charge in [0.25, 0.3) is 0 Å². The number of piperazine rings is 1. The molecule has 114 valence electrons. The summed E-state index contributed by atoms with van der Waals surface area (Å²) in [6.07, 6.45) is 1.69. The quantitative estimate of drug-likeness (QED) is 0.696. The van der Waals surface area contributed by atoms with E-state index < -0.39 is 9.84 Å². The topological polar surface area (TPSA) is 69.7 Å². The minimum absolute atomic E-state index is 0. The van der Waals surface area contributed by atoms with E-state index in [0.29, 0.717) is 19.5 Å². The number of sulfone groups is 1. The second kappa shape index (κ2) is 8.73. The van der Waals surface area contributed by atoms with Crippen molar-refractivity contribution in [2.45, 2.75) is 6.42 Å². The maximum absolute atomic E-state index is 11.9. The molecule has 6 nitrogen and oxygen atoms in total. The van der Waals surface area contributed by atoms with Gasteiger partial charge < -0.3 is 15.1 Å². The van der Waals surface area contributed by atoms with Gasteiger partial charge in [0.1, 0.15) is 9.84 Å². The van der Waals surface area contributed by atoms with Gasteiger partial charge in [-0.1, -0.05) is 0 Å². The molecule has 1 heterocycles. The number of rotatable bonds is 6. The fraction of sp³-hybridized carbons (Fsp3) is 0.909. The summed E-state index contributed by atoms with van der Waals surface area (Å²) in [5.41, 5.74) is 0. The van der Waals surface area contributed by atoms with Crippen molar-refractivity contribution >= 4 is 28.2 Å². The lowest BCUT2D eigenvalue weighted by atomic mass is 10.3. The molecular formula is C11H24ClN3O3S. The normalized spacial score (nSPS) is 16.3. The van der Waals surface area contributed by atoms with Crippen LogP contribution in [0.5, 0.6) is 0 Å². The Hall–Kier alpha value is -0.370. The monoisotopic (exact) mass is 313 g/mol. The molecule has 1 saturated heterocycles. The van der Waals surface area contributed by atoms with Gasteiger partial charge >= 0.3 is 0 Å². The fourth-order valence-electron chi connectivity index (χ4n) is 1.79. The number of nitrogens with one attached hydrogen (secondary N) is 1. The van der Waals surface area contributed by atoms with Crippen LogP contribution in [0.25, 0.3) is 0 Å². The van der Waals surface area contributed by atoms with Crippen LogP contribution in [0.1, 0.15) is 6.42 Å². The van der Waals surface area contributed by atoms with Crippen LogP contribution in [-0.4, -0.2) is 82.4 Å². The molecule has 19 heavy (non-hydrogen) atoms. The van der Waals surface area contributed by atoms with Gasteiger partial charge in [-0.05, 0) is 7.05 Å². The first-order valence-corrected chi connectivity index (χ1v) is 8.29. The van der Waals surface area contributed by atoms with Gasteiger partial charge in [-0.3, -0.25) is 4.79 Å². The Labute approximate surface area is 121 Å². The molecule has 0 bridgehead atoms. The summed E-state index contributed by atoms with van der Waals surface area (Å²) >= 11 is 0. The minimum Gasteiger partial charge on any atom is -0.340 e. The van der Waals surface area contributed by atoms with E-state index in [0.717, 1.165) is 26.2 Å². The molecule has 1 rings (SSSR count). The highest BCUT2D eigenvalue weighted by molar-refractivity contribution is 7.90. The van der Waals surface area contributed by atoms with Crippen molar-refractivity contribution in [1.29, 1.82) is 0 Å². The molecule has 1 amide bonds. The number of hydrogen-bond acceptors (Lipinski definition) is 5. The Morgan fingerprint density at radius 1 is 1.26 bits per heavy atom. The van der Waals surface area contributed by atoms with E-state index in [9.17, 15) is 13.2 Å². The Bertz CT molecular complexity index is 369. The molecule has 1 aliphatic rings. The van der Waals surface area contributed by atoms with E-state index in [1.165, 1.54) is 6.26 Å². The highest BCUT2D eigenvalue weighted by Crippen LogP contribution is 1.99. The van der Waals surface area contributed by atoms with Gasteiger partial charge in [0.05, 0.1) is 5.75 Å². The third-order valence-corrected chi connectivity index (χ3v) is 3.95. The van der Waals surface area contributed by atoms with Crippen molar-refractivity contribution in [1.82, 2.24) is 15.1 Å². The Morgan fingerprint density at radius 2 is 1.84 bits per heavy atom. The first kappa shape index (κ1) is 18.6. The predicted octanol–water partition coefficient (Wildman–Crippen LogP) is -0.793. The van der Waals surface area contributed by atoms with E-state index in [1.807, 2.05) is 16.8 Å². The standard InChI is InChI=1S/C11H23N3O3S.ClH/c1-13(9-10-18(2,16)17)6-3-11(15)14-7-4-12-5-8-14;/h12H,3-10H2,1-2H3;1H. The lowest BCUT2D eigenvalue weighted by Crippen LogP contribution is -2.47. The van der Waals surface area contributed by atoms with E-state index in [2.05, 4.69) is 5.32 Å². The average Bonchev–Trinajstić information content (AvgIpc) is 2.33. The molecule has 0 spiro atoms. The van der Waals surface area contributed by atoms with Gasteiger partial charge in [0.15, 0.2) is 0 Å². The van der Waals surface area contributed by atoms with Crippen LogP contribution in [0.4, 0.5) is 0 Å². The lowest BCUT2D eigenvalue weighted by Gasteiger charge is -2.28. The summed E-state index contributed by atoms with van der Waals surface area (Å²) in [7, 11) is -1.08. The number of hydrogen-bond donors (Lipinski definition) is 1. The summed E-state index contributed by atoms with van der Waals surface area (Å²) in [6, 6.07) is 0. The van der Waals surface area contributed by atoms with Crippen LogP contribution in [0.15, 0.2) is 0 Å². The highest BCUT2D eigenvalue weighted by atomic mass is 35.5. The van der Waals surface area contributed by atoms with Crippen molar-refractivity contribution < 1.29 is 13.2 Å². The van der Waals surface area contributed by atoms with Crippen molar-refractivity contribution in [3.63, 3.8) is 0 Å². The van der Waals surface area contributed by atoms with Gasteiger partial charge in [0, 0.05) is 51.9 Å².